The molecule has 0 amide bonds. The van der Waals surface area contributed by atoms with E-state index in [-0.39, 0.29) is 6.04 Å². The monoisotopic (exact) mass is 434 g/mol. The highest BCUT2D eigenvalue weighted by molar-refractivity contribution is 6.41. The molecule has 1 saturated heterocycles. The zero-order chi connectivity index (χ0) is 20.4. The van der Waals surface area contributed by atoms with Crippen LogP contribution in [-0.4, -0.2) is 48.4 Å². The number of pyridine rings is 1. The zero-order valence-electron chi connectivity index (χ0n) is 16.0. The van der Waals surface area contributed by atoms with Crippen LogP contribution in [0.25, 0.3) is 22.2 Å². The molecule has 0 spiro atoms. The maximum Gasteiger partial charge on any atom is 0.223 e. The lowest BCUT2D eigenvalue weighted by atomic mass is 10.1. The van der Waals surface area contributed by atoms with Crippen molar-refractivity contribution in [1.29, 1.82) is 0 Å². The van der Waals surface area contributed by atoms with Crippen LogP contribution in [-0.2, 0) is 4.74 Å². The van der Waals surface area contributed by atoms with Gasteiger partial charge in [-0.2, -0.15) is 0 Å². The minimum atomic E-state index is 0.218. The molecule has 2 aromatic heterocycles. The Bertz CT molecular complexity index is 1010. The van der Waals surface area contributed by atoms with Crippen LogP contribution < -0.4 is 14.8 Å². The maximum atomic E-state index is 6.50. The van der Waals surface area contributed by atoms with Crippen molar-refractivity contribution in [2.24, 2.45) is 0 Å². The van der Waals surface area contributed by atoms with E-state index in [0.717, 1.165) is 24.8 Å². The lowest BCUT2D eigenvalue weighted by molar-refractivity contribution is 0.0874. The number of halogens is 2. The highest BCUT2D eigenvalue weighted by atomic mass is 35.5. The maximum absolute atomic E-state index is 6.50. The molecular weight excluding hydrogens is 415 g/mol. The molecule has 9 heteroatoms. The average Bonchev–Trinajstić information content (AvgIpc) is 2.75. The fourth-order valence-corrected chi connectivity index (χ4v) is 3.98. The van der Waals surface area contributed by atoms with Crippen molar-refractivity contribution in [1.82, 2.24) is 15.0 Å². The van der Waals surface area contributed by atoms with Gasteiger partial charge in [0, 0.05) is 29.8 Å². The fourth-order valence-electron chi connectivity index (χ4n) is 3.29. The molecule has 1 aromatic carbocycles. The topological polar surface area (TPSA) is 78.4 Å². The summed E-state index contributed by atoms with van der Waals surface area (Å²) >= 11 is 13.0. The molecule has 3 aromatic rings. The van der Waals surface area contributed by atoms with Crippen LogP contribution in [0.5, 0.6) is 11.5 Å². The Labute approximate surface area is 178 Å². The molecule has 0 aliphatic carbocycles. The Kier molecular flexibility index (Phi) is 5.89. The van der Waals surface area contributed by atoms with Gasteiger partial charge in [-0.15, -0.1) is 0 Å². The first kappa shape index (κ1) is 19.9. The van der Waals surface area contributed by atoms with Gasteiger partial charge in [0.25, 0.3) is 0 Å². The summed E-state index contributed by atoms with van der Waals surface area (Å²) in [6, 6.07) is 3.70. The third-order valence-corrected chi connectivity index (χ3v) is 5.54. The van der Waals surface area contributed by atoms with Crippen molar-refractivity contribution in [2.45, 2.75) is 18.9 Å². The summed E-state index contributed by atoms with van der Waals surface area (Å²) in [5.74, 6) is 1.47. The van der Waals surface area contributed by atoms with E-state index in [4.69, 9.17) is 37.4 Å². The number of methoxy groups -OCH3 is 2. The molecule has 0 bridgehead atoms. The highest BCUT2D eigenvalue weighted by Gasteiger charge is 2.20. The van der Waals surface area contributed by atoms with Crippen molar-refractivity contribution in [3.05, 3.63) is 34.6 Å². The largest absolute Gasteiger partial charge is 0.495 e. The van der Waals surface area contributed by atoms with E-state index in [0.29, 0.717) is 50.9 Å². The summed E-state index contributed by atoms with van der Waals surface area (Å²) in [6.45, 7) is 1.47. The van der Waals surface area contributed by atoms with Crippen LogP contribution in [0.3, 0.4) is 0 Å². The quantitative estimate of drug-likeness (QED) is 0.627. The third-order valence-electron chi connectivity index (χ3n) is 4.79. The number of hydrogen-bond acceptors (Lipinski definition) is 7. The summed E-state index contributed by atoms with van der Waals surface area (Å²) < 4.78 is 16.2. The Morgan fingerprint density at radius 1 is 1.07 bits per heavy atom. The Balaban J connectivity index is 1.70. The minimum Gasteiger partial charge on any atom is -0.495 e. The van der Waals surface area contributed by atoms with Crippen molar-refractivity contribution >= 4 is 40.1 Å². The number of ether oxygens (including phenoxy) is 3. The zero-order valence-corrected chi connectivity index (χ0v) is 17.5. The Hall–Kier alpha value is -2.35. The number of fused-ring (bicyclic) bond motifs is 1. The molecule has 1 atom stereocenters. The number of nitrogens with zero attached hydrogens (tertiary/aromatic N) is 3. The molecule has 29 heavy (non-hydrogen) atoms. The van der Waals surface area contributed by atoms with E-state index in [1.54, 1.807) is 18.5 Å². The summed E-state index contributed by atoms with van der Waals surface area (Å²) in [7, 11) is 3.07. The highest BCUT2D eigenvalue weighted by Crippen LogP contribution is 2.45. The predicted molar refractivity (Wildman–Crippen MR) is 113 cm³/mol. The summed E-state index contributed by atoms with van der Waals surface area (Å²) in [6.07, 6.45) is 5.49. The van der Waals surface area contributed by atoms with Gasteiger partial charge >= 0.3 is 0 Å². The van der Waals surface area contributed by atoms with Crippen molar-refractivity contribution in [3.8, 4) is 22.8 Å². The van der Waals surface area contributed by atoms with Gasteiger partial charge in [0.1, 0.15) is 11.5 Å². The van der Waals surface area contributed by atoms with Gasteiger partial charge in [-0.1, -0.05) is 23.2 Å². The van der Waals surface area contributed by atoms with E-state index in [1.807, 2.05) is 6.07 Å². The van der Waals surface area contributed by atoms with E-state index >= 15 is 0 Å². The third kappa shape index (κ3) is 4.03. The second-order valence-electron chi connectivity index (χ2n) is 6.66. The summed E-state index contributed by atoms with van der Waals surface area (Å²) in [4.78, 5) is 13.5. The molecule has 152 valence electrons. The van der Waals surface area contributed by atoms with E-state index in [1.165, 1.54) is 14.2 Å². The van der Waals surface area contributed by atoms with Crippen LogP contribution in [0.1, 0.15) is 12.8 Å². The molecule has 1 aliphatic heterocycles. The lowest BCUT2D eigenvalue weighted by Gasteiger charge is -2.23. The second-order valence-corrected chi connectivity index (χ2v) is 7.42. The number of aromatic nitrogens is 3. The van der Waals surface area contributed by atoms with Crippen LogP contribution >= 0.6 is 23.2 Å². The predicted octanol–water partition coefficient (Wildman–Crippen LogP) is 4.61. The molecule has 0 unspecified atom stereocenters. The number of rotatable bonds is 5. The van der Waals surface area contributed by atoms with Crippen LogP contribution in [0.15, 0.2) is 24.5 Å². The molecular formula is C20H20Cl2N4O3. The average molecular weight is 435 g/mol. The van der Waals surface area contributed by atoms with Gasteiger partial charge in [0.15, 0.2) is 0 Å². The van der Waals surface area contributed by atoms with E-state index in [2.05, 4.69) is 20.3 Å². The molecule has 3 heterocycles. The first-order chi connectivity index (χ1) is 14.1. The SMILES string of the molecule is COc1cc(OC)c(Cl)c(-c2cc3cnc(N[C@H]4CCCOC4)nc3cn2)c1Cl. The molecule has 0 radical (unpaired) electrons. The Morgan fingerprint density at radius 3 is 2.48 bits per heavy atom. The van der Waals surface area contributed by atoms with Crippen LogP contribution in [0.2, 0.25) is 10.0 Å². The van der Waals surface area contributed by atoms with Gasteiger partial charge in [0.2, 0.25) is 5.95 Å². The van der Waals surface area contributed by atoms with Crippen LogP contribution in [0.4, 0.5) is 5.95 Å². The van der Waals surface area contributed by atoms with Gasteiger partial charge in [-0.3, -0.25) is 4.98 Å². The minimum absolute atomic E-state index is 0.218. The second kappa shape index (κ2) is 8.57. The first-order valence-electron chi connectivity index (χ1n) is 9.18. The standard InChI is InChI=1S/C20H20Cl2N4O3/c1-27-15-7-16(28-2)19(22)17(18(15)21)13-6-11-8-24-20(26-14(11)9-23-13)25-12-4-3-5-29-10-12/h6-9,12H,3-5,10H2,1-2H3,(H,24,25,26)/t12-/m0/s1. The number of nitrogens with one attached hydrogen (secondary N) is 1. The smallest absolute Gasteiger partial charge is 0.223 e. The number of hydrogen-bond donors (Lipinski definition) is 1. The number of anilines is 1. The molecule has 4 rings (SSSR count). The van der Waals surface area contributed by atoms with Crippen LogP contribution in [0, 0.1) is 0 Å². The van der Waals surface area contributed by atoms with E-state index < -0.39 is 0 Å². The van der Waals surface area contributed by atoms with E-state index in [9.17, 15) is 0 Å². The molecule has 1 fully saturated rings. The van der Waals surface area contributed by atoms with Gasteiger partial charge < -0.3 is 19.5 Å². The van der Waals surface area contributed by atoms with Crippen molar-refractivity contribution < 1.29 is 14.2 Å². The fraction of sp³-hybridized carbons (Fsp3) is 0.350. The Morgan fingerprint density at radius 2 is 1.83 bits per heavy atom. The number of benzene rings is 1. The first-order valence-corrected chi connectivity index (χ1v) is 9.93. The normalized spacial score (nSPS) is 16.6. The molecule has 7 nitrogen and oxygen atoms in total. The van der Waals surface area contributed by atoms with Gasteiger partial charge in [0.05, 0.1) is 54.3 Å². The molecule has 1 N–H and O–H groups in total. The summed E-state index contributed by atoms with van der Waals surface area (Å²) in [5.41, 5.74) is 1.83. The summed E-state index contributed by atoms with van der Waals surface area (Å²) in [5, 5.41) is 4.86. The van der Waals surface area contributed by atoms with Crippen molar-refractivity contribution in [2.75, 3.05) is 32.8 Å². The van der Waals surface area contributed by atoms with Gasteiger partial charge in [-0.05, 0) is 18.9 Å². The lowest BCUT2D eigenvalue weighted by Crippen LogP contribution is -2.30. The van der Waals surface area contributed by atoms with Crippen molar-refractivity contribution in [3.63, 3.8) is 0 Å². The molecule has 0 saturated carbocycles. The molecule has 1 aliphatic rings. The van der Waals surface area contributed by atoms with Gasteiger partial charge in [-0.25, -0.2) is 9.97 Å².